The van der Waals surface area contributed by atoms with Gasteiger partial charge in [-0.05, 0) is 48.2 Å². The molecule has 0 saturated heterocycles. The van der Waals surface area contributed by atoms with Crippen LogP contribution in [-0.2, 0) is 6.42 Å². The summed E-state index contributed by atoms with van der Waals surface area (Å²) in [6.45, 7) is 2.17. The molecule has 0 fully saturated rings. The first-order valence-electron chi connectivity index (χ1n) is 6.08. The van der Waals surface area contributed by atoms with E-state index in [0.29, 0.717) is 0 Å². The first kappa shape index (κ1) is 13.2. The number of hydrogen-bond acceptors (Lipinski definition) is 1. The molecule has 0 aliphatic carbocycles. The van der Waals surface area contributed by atoms with Crippen molar-refractivity contribution in [3.05, 3.63) is 63.6 Å². The predicted octanol–water partition coefficient (Wildman–Crippen LogP) is 4.41. The van der Waals surface area contributed by atoms with Gasteiger partial charge in [-0.3, -0.25) is 0 Å². The smallest absolute Gasteiger partial charge is 0.0364 e. The molecule has 1 nitrogen and oxygen atoms in total. The van der Waals surface area contributed by atoms with Gasteiger partial charge in [-0.1, -0.05) is 40.2 Å². The Hall–Kier alpha value is -1.28. The van der Waals surface area contributed by atoms with Crippen LogP contribution in [0.25, 0.3) is 0 Å². The summed E-state index contributed by atoms with van der Waals surface area (Å²) in [5.41, 5.74) is 5.31. The minimum atomic E-state index is 0.967. The van der Waals surface area contributed by atoms with Crippen LogP contribution in [0.15, 0.2) is 46.9 Å². The van der Waals surface area contributed by atoms with Crippen LogP contribution in [0.2, 0.25) is 0 Å². The molecule has 0 saturated carbocycles. The molecule has 0 aliphatic heterocycles. The highest BCUT2D eigenvalue weighted by atomic mass is 79.9. The van der Waals surface area contributed by atoms with Crippen LogP contribution >= 0.6 is 15.9 Å². The number of benzene rings is 2. The second-order valence-corrected chi connectivity index (χ2v) is 5.63. The fourth-order valence-electron chi connectivity index (χ4n) is 1.97. The van der Waals surface area contributed by atoms with Gasteiger partial charge in [0.15, 0.2) is 0 Å². The molecular formula is C16H18BrN. The van der Waals surface area contributed by atoms with E-state index in [1.54, 1.807) is 0 Å². The van der Waals surface area contributed by atoms with Crippen LogP contribution in [0.1, 0.15) is 16.7 Å². The molecule has 0 bridgehead atoms. The monoisotopic (exact) mass is 303 g/mol. The maximum Gasteiger partial charge on any atom is 0.0364 e. The van der Waals surface area contributed by atoms with Crippen LogP contribution < -0.4 is 4.90 Å². The van der Waals surface area contributed by atoms with Gasteiger partial charge in [0, 0.05) is 24.3 Å². The highest BCUT2D eigenvalue weighted by molar-refractivity contribution is 9.10. The lowest BCUT2D eigenvalue weighted by Crippen LogP contribution is -2.09. The zero-order valence-electron chi connectivity index (χ0n) is 11.1. The summed E-state index contributed by atoms with van der Waals surface area (Å²) in [4.78, 5) is 2.14. The van der Waals surface area contributed by atoms with Gasteiger partial charge in [0.05, 0.1) is 0 Å². The van der Waals surface area contributed by atoms with Gasteiger partial charge < -0.3 is 4.90 Å². The first-order valence-corrected chi connectivity index (χ1v) is 6.87. The minimum absolute atomic E-state index is 0.967. The van der Waals surface area contributed by atoms with Crippen molar-refractivity contribution >= 4 is 21.6 Å². The van der Waals surface area contributed by atoms with Gasteiger partial charge in [-0.15, -0.1) is 0 Å². The SMILES string of the molecule is Cc1ccc(N(C)C)cc1Cc1ccccc1Br. The topological polar surface area (TPSA) is 3.24 Å². The first-order chi connectivity index (χ1) is 8.58. The molecule has 0 aliphatic rings. The average Bonchev–Trinajstić information content (AvgIpc) is 2.34. The van der Waals surface area contributed by atoms with Crippen molar-refractivity contribution in [2.75, 3.05) is 19.0 Å². The lowest BCUT2D eigenvalue weighted by molar-refractivity contribution is 1.10. The molecule has 2 rings (SSSR count). The molecular weight excluding hydrogens is 286 g/mol. The van der Waals surface area contributed by atoms with E-state index in [0.717, 1.165) is 6.42 Å². The van der Waals surface area contributed by atoms with Crippen molar-refractivity contribution in [1.82, 2.24) is 0 Å². The Morgan fingerprint density at radius 3 is 2.39 bits per heavy atom. The minimum Gasteiger partial charge on any atom is -0.378 e. The molecule has 18 heavy (non-hydrogen) atoms. The highest BCUT2D eigenvalue weighted by Crippen LogP contribution is 2.24. The Morgan fingerprint density at radius 2 is 1.72 bits per heavy atom. The predicted molar refractivity (Wildman–Crippen MR) is 82.5 cm³/mol. The molecule has 2 heteroatoms. The van der Waals surface area contributed by atoms with E-state index >= 15 is 0 Å². The quantitative estimate of drug-likeness (QED) is 0.811. The van der Waals surface area contributed by atoms with Gasteiger partial charge in [-0.2, -0.15) is 0 Å². The largest absolute Gasteiger partial charge is 0.378 e. The Bertz CT molecular complexity index is 547. The Balaban J connectivity index is 2.34. The van der Waals surface area contributed by atoms with E-state index in [9.17, 15) is 0 Å². The van der Waals surface area contributed by atoms with Crippen LogP contribution in [0.3, 0.4) is 0 Å². The van der Waals surface area contributed by atoms with E-state index in [1.165, 1.54) is 26.9 Å². The van der Waals surface area contributed by atoms with Crippen molar-refractivity contribution < 1.29 is 0 Å². The van der Waals surface area contributed by atoms with Crippen LogP contribution in [0.4, 0.5) is 5.69 Å². The van der Waals surface area contributed by atoms with Gasteiger partial charge in [-0.25, -0.2) is 0 Å². The average molecular weight is 304 g/mol. The molecule has 2 aromatic rings. The molecule has 0 radical (unpaired) electrons. The zero-order chi connectivity index (χ0) is 13.1. The van der Waals surface area contributed by atoms with Crippen molar-refractivity contribution in [3.63, 3.8) is 0 Å². The van der Waals surface area contributed by atoms with Crippen molar-refractivity contribution in [2.45, 2.75) is 13.3 Å². The summed E-state index contributed by atoms with van der Waals surface area (Å²) in [5.74, 6) is 0. The lowest BCUT2D eigenvalue weighted by Gasteiger charge is -2.16. The summed E-state index contributed by atoms with van der Waals surface area (Å²) < 4.78 is 1.18. The summed E-state index contributed by atoms with van der Waals surface area (Å²) in [6.07, 6.45) is 0.967. The number of hydrogen-bond donors (Lipinski definition) is 0. The summed E-state index contributed by atoms with van der Waals surface area (Å²) >= 11 is 3.62. The molecule has 0 atom stereocenters. The lowest BCUT2D eigenvalue weighted by atomic mass is 10.00. The number of nitrogens with zero attached hydrogens (tertiary/aromatic N) is 1. The number of aryl methyl sites for hydroxylation is 1. The molecule has 94 valence electrons. The molecule has 0 spiro atoms. The molecule has 0 heterocycles. The summed E-state index contributed by atoms with van der Waals surface area (Å²) in [7, 11) is 4.15. The van der Waals surface area contributed by atoms with Crippen LogP contribution in [0, 0.1) is 6.92 Å². The molecule has 0 amide bonds. The summed E-state index contributed by atoms with van der Waals surface area (Å²) in [6, 6.07) is 15.0. The van der Waals surface area contributed by atoms with Crippen LogP contribution in [0.5, 0.6) is 0 Å². The third-order valence-corrected chi connectivity index (χ3v) is 3.96. The fraction of sp³-hybridized carbons (Fsp3) is 0.250. The van der Waals surface area contributed by atoms with E-state index < -0.39 is 0 Å². The summed E-state index contributed by atoms with van der Waals surface area (Å²) in [5, 5.41) is 0. The molecule has 2 aromatic carbocycles. The molecule has 0 aromatic heterocycles. The molecule has 0 unspecified atom stereocenters. The van der Waals surface area contributed by atoms with Gasteiger partial charge >= 0.3 is 0 Å². The zero-order valence-corrected chi connectivity index (χ0v) is 12.7. The second kappa shape index (κ2) is 5.57. The molecule has 0 N–H and O–H groups in total. The normalized spacial score (nSPS) is 10.4. The highest BCUT2D eigenvalue weighted by Gasteiger charge is 2.05. The van der Waals surface area contributed by atoms with Crippen molar-refractivity contribution in [2.24, 2.45) is 0 Å². The van der Waals surface area contributed by atoms with E-state index in [1.807, 2.05) is 0 Å². The Morgan fingerprint density at radius 1 is 1.00 bits per heavy atom. The number of rotatable bonds is 3. The van der Waals surface area contributed by atoms with E-state index in [2.05, 4.69) is 84.3 Å². The Labute approximate surface area is 118 Å². The van der Waals surface area contributed by atoms with Gasteiger partial charge in [0.25, 0.3) is 0 Å². The van der Waals surface area contributed by atoms with Gasteiger partial charge in [0.1, 0.15) is 0 Å². The van der Waals surface area contributed by atoms with Crippen LogP contribution in [-0.4, -0.2) is 14.1 Å². The fourth-order valence-corrected chi connectivity index (χ4v) is 2.40. The second-order valence-electron chi connectivity index (χ2n) is 4.77. The maximum absolute atomic E-state index is 3.62. The van der Waals surface area contributed by atoms with E-state index in [-0.39, 0.29) is 0 Å². The van der Waals surface area contributed by atoms with Crippen molar-refractivity contribution in [1.29, 1.82) is 0 Å². The van der Waals surface area contributed by atoms with Crippen molar-refractivity contribution in [3.8, 4) is 0 Å². The Kier molecular flexibility index (Phi) is 4.07. The third-order valence-electron chi connectivity index (χ3n) is 3.19. The van der Waals surface area contributed by atoms with Gasteiger partial charge in [0.2, 0.25) is 0 Å². The number of anilines is 1. The van der Waals surface area contributed by atoms with E-state index in [4.69, 9.17) is 0 Å². The standard InChI is InChI=1S/C16H18BrN/c1-12-8-9-15(18(2)3)11-14(12)10-13-6-4-5-7-16(13)17/h4-9,11H,10H2,1-3H3. The number of halogens is 1. The maximum atomic E-state index is 3.62. The third kappa shape index (κ3) is 2.94.